The summed E-state index contributed by atoms with van der Waals surface area (Å²) in [5, 5.41) is 17.5. The first kappa shape index (κ1) is 29.9. The maximum absolute atomic E-state index is 13.1. The Balaban J connectivity index is 1.49. The number of carbonyl (C=O) groups is 2. The summed E-state index contributed by atoms with van der Waals surface area (Å²) < 4.78 is 7.63. The van der Waals surface area contributed by atoms with Gasteiger partial charge in [-0.05, 0) is 62.7 Å². The predicted molar refractivity (Wildman–Crippen MR) is 168 cm³/mol. The van der Waals surface area contributed by atoms with Crippen molar-refractivity contribution in [3.05, 3.63) is 64.9 Å². The number of fused-ring (bicyclic) bond motifs is 2. The van der Waals surface area contributed by atoms with E-state index in [1.807, 2.05) is 63.6 Å². The van der Waals surface area contributed by atoms with E-state index in [9.17, 15) is 14.9 Å². The monoisotopic (exact) mass is 599 g/mol. The Hall–Kier alpha value is -4.62. The minimum Gasteiger partial charge on any atom is -0.443 e. The van der Waals surface area contributed by atoms with Crippen LogP contribution in [-0.4, -0.2) is 45.7 Å². The standard InChI is InChI=1S/C32H34ClN7O3/c1-31(2,3)43-30(42)40-18-32(4,5)23-14-19(13-20(17-34)28(23)40)24-7-10-36-29(37-24)38-25-15-21(33)16-26-22(25)8-11-39(26)12-9-27(41)35-6/h7-8,10-11,13-16H,9,12,18H2,1-6H3,(H,35,41)(H,36,37,38). The molecule has 0 spiro atoms. The van der Waals surface area contributed by atoms with Crippen LogP contribution >= 0.6 is 11.6 Å². The molecule has 1 aliphatic heterocycles. The zero-order chi connectivity index (χ0) is 31.1. The molecule has 0 fully saturated rings. The van der Waals surface area contributed by atoms with Crippen molar-refractivity contribution in [3.8, 4) is 17.3 Å². The molecule has 2 amide bonds. The molecule has 4 aromatic rings. The Kier molecular flexibility index (Phi) is 7.80. The summed E-state index contributed by atoms with van der Waals surface area (Å²) in [7, 11) is 1.62. The minimum atomic E-state index is -0.663. The van der Waals surface area contributed by atoms with Crippen LogP contribution in [0.2, 0.25) is 5.02 Å². The Bertz CT molecular complexity index is 1780. The zero-order valence-electron chi connectivity index (χ0n) is 25.1. The van der Waals surface area contributed by atoms with Gasteiger partial charge in [0.2, 0.25) is 11.9 Å². The SMILES string of the molecule is CNC(=O)CCn1ccc2c(Nc3nccc(-c4cc(C#N)c5c(c4)C(C)(C)CN5C(=O)OC(C)(C)C)n3)cc(Cl)cc21. The van der Waals surface area contributed by atoms with Gasteiger partial charge in [-0.3, -0.25) is 9.69 Å². The number of nitrogens with zero attached hydrogens (tertiary/aromatic N) is 5. The number of rotatable bonds is 6. The van der Waals surface area contributed by atoms with Crippen molar-refractivity contribution in [2.24, 2.45) is 0 Å². The second kappa shape index (κ2) is 11.2. The number of carbonyl (C=O) groups excluding carboxylic acids is 2. The molecule has 1 aliphatic rings. The van der Waals surface area contributed by atoms with Crippen LogP contribution in [0, 0.1) is 11.3 Å². The lowest BCUT2D eigenvalue weighted by molar-refractivity contribution is -0.120. The molecule has 2 aromatic heterocycles. The summed E-state index contributed by atoms with van der Waals surface area (Å²) in [4.78, 5) is 35.6. The third-order valence-corrected chi connectivity index (χ3v) is 7.52. The molecule has 11 heteroatoms. The molecular formula is C32H34ClN7O3. The number of nitrogens with one attached hydrogen (secondary N) is 2. The van der Waals surface area contributed by atoms with Crippen LogP contribution in [0.4, 0.5) is 22.1 Å². The van der Waals surface area contributed by atoms with Gasteiger partial charge < -0.3 is 19.9 Å². The molecule has 0 atom stereocenters. The molecule has 0 aliphatic carbocycles. The van der Waals surface area contributed by atoms with Gasteiger partial charge in [-0.2, -0.15) is 5.26 Å². The van der Waals surface area contributed by atoms with Crippen molar-refractivity contribution in [3.63, 3.8) is 0 Å². The largest absolute Gasteiger partial charge is 0.443 e. The summed E-state index contributed by atoms with van der Waals surface area (Å²) in [6.07, 6.45) is 3.44. The number of benzene rings is 2. The van der Waals surface area contributed by atoms with Gasteiger partial charge in [-0.1, -0.05) is 25.4 Å². The highest BCUT2D eigenvalue weighted by molar-refractivity contribution is 6.32. The molecule has 3 heterocycles. The molecule has 0 unspecified atom stereocenters. The maximum atomic E-state index is 13.1. The average molecular weight is 600 g/mol. The topological polar surface area (TPSA) is 125 Å². The first-order chi connectivity index (χ1) is 20.3. The first-order valence-corrected chi connectivity index (χ1v) is 14.4. The van der Waals surface area contributed by atoms with Gasteiger partial charge in [-0.15, -0.1) is 0 Å². The Morgan fingerprint density at radius 1 is 1.19 bits per heavy atom. The molecule has 0 saturated carbocycles. The lowest BCUT2D eigenvalue weighted by Gasteiger charge is -2.26. The molecule has 0 saturated heterocycles. The number of aryl methyl sites for hydroxylation is 1. The van der Waals surface area contributed by atoms with Gasteiger partial charge >= 0.3 is 6.09 Å². The van der Waals surface area contributed by atoms with E-state index in [1.165, 1.54) is 0 Å². The summed E-state index contributed by atoms with van der Waals surface area (Å²) in [5.41, 5.74) is 3.68. The van der Waals surface area contributed by atoms with Gasteiger partial charge in [0.05, 0.1) is 28.1 Å². The first-order valence-electron chi connectivity index (χ1n) is 14.0. The third-order valence-electron chi connectivity index (χ3n) is 7.31. The number of ether oxygens (including phenoxy) is 1. The van der Waals surface area contributed by atoms with Crippen molar-refractivity contribution >= 4 is 51.8 Å². The summed E-state index contributed by atoms with van der Waals surface area (Å²) in [6, 6.07) is 13.4. The lowest BCUT2D eigenvalue weighted by Crippen LogP contribution is -2.38. The second-order valence-corrected chi connectivity index (χ2v) is 12.6. The molecule has 43 heavy (non-hydrogen) atoms. The number of anilines is 3. The second-order valence-electron chi connectivity index (χ2n) is 12.2. The van der Waals surface area contributed by atoms with Crippen LogP contribution in [0.25, 0.3) is 22.2 Å². The van der Waals surface area contributed by atoms with Crippen molar-refractivity contribution < 1.29 is 14.3 Å². The molecule has 10 nitrogen and oxygen atoms in total. The van der Waals surface area contributed by atoms with E-state index in [2.05, 4.69) is 21.7 Å². The Morgan fingerprint density at radius 2 is 1.95 bits per heavy atom. The number of aromatic nitrogens is 3. The van der Waals surface area contributed by atoms with E-state index < -0.39 is 17.1 Å². The fourth-order valence-corrected chi connectivity index (χ4v) is 5.53. The van der Waals surface area contributed by atoms with Gasteiger partial charge in [0, 0.05) is 60.3 Å². The fourth-order valence-electron chi connectivity index (χ4n) is 5.31. The lowest BCUT2D eigenvalue weighted by atomic mass is 9.85. The zero-order valence-corrected chi connectivity index (χ0v) is 25.8. The van der Waals surface area contributed by atoms with Crippen LogP contribution in [0.1, 0.15) is 52.2 Å². The van der Waals surface area contributed by atoms with Crippen molar-refractivity contribution in [2.45, 2.75) is 58.6 Å². The van der Waals surface area contributed by atoms with E-state index in [4.69, 9.17) is 21.3 Å². The van der Waals surface area contributed by atoms with Gasteiger partial charge in [-0.25, -0.2) is 14.8 Å². The highest BCUT2D eigenvalue weighted by Crippen LogP contribution is 2.45. The van der Waals surface area contributed by atoms with E-state index in [1.54, 1.807) is 36.3 Å². The van der Waals surface area contributed by atoms with Crippen LogP contribution in [-0.2, 0) is 21.5 Å². The van der Waals surface area contributed by atoms with E-state index in [-0.39, 0.29) is 5.91 Å². The van der Waals surface area contributed by atoms with Crippen LogP contribution < -0.4 is 15.5 Å². The fraction of sp³-hybridized carbons (Fsp3) is 0.344. The summed E-state index contributed by atoms with van der Waals surface area (Å²) in [6.45, 7) is 10.4. The van der Waals surface area contributed by atoms with E-state index in [0.29, 0.717) is 47.4 Å². The maximum Gasteiger partial charge on any atom is 0.414 e. The highest BCUT2D eigenvalue weighted by Gasteiger charge is 2.42. The predicted octanol–water partition coefficient (Wildman–Crippen LogP) is 6.54. The molecule has 222 valence electrons. The van der Waals surface area contributed by atoms with Gasteiger partial charge in [0.15, 0.2) is 0 Å². The highest BCUT2D eigenvalue weighted by atomic mass is 35.5. The molecule has 0 bridgehead atoms. The van der Waals surface area contributed by atoms with Crippen molar-refractivity contribution in [2.75, 3.05) is 23.8 Å². The summed E-state index contributed by atoms with van der Waals surface area (Å²) >= 11 is 6.48. The van der Waals surface area contributed by atoms with Crippen molar-refractivity contribution in [1.29, 1.82) is 5.26 Å². The molecule has 5 rings (SSSR count). The van der Waals surface area contributed by atoms with Crippen LogP contribution in [0.5, 0.6) is 0 Å². The van der Waals surface area contributed by atoms with E-state index in [0.717, 1.165) is 27.7 Å². The van der Waals surface area contributed by atoms with E-state index >= 15 is 0 Å². The van der Waals surface area contributed by atoms with Crippen LogP contribution in [0.3, 0.4) is 0 Å². The Morgan fingerprint density at radius 3 is 2.65 bits per heavy atom. The van der Waals surface area contributed by atoms with Crippen LogP contribution in [0.15, 0.2) is 48.8 Å². The molecular weight excluding hydrogens is 566 g/mol. The molecule has 0 radical (unpaired) electrons. The normalized spacial score (nSPS) is 13.9. The number of hydrogen-bond acceptors (Lipinski definition) is 7. The van der Waals surface area contributed by atoms with Crippen molar-refractivity contribution in [1.82, 2.24) is 19.9 Å². The quantitative estimate of drug-likeness (QED) is 0.258. The number of hydrogen-bond donors (Lipinski definition) is 2. The minimum absolute atomic E-state index is 0.0421. The van der Waals surface area contributed by atoms with Gasteiger partial charge in [0.25, 0.3) is 0 Å². The molecule has 2 aromatic carbocycles. The Labute approximate surface area is 255 Å². The number of nitriles is 1. The average Bonchev–Trinajstić information content (AvgIpc) is 3.48. The number of amides is 2. The molecule has 2 N–H and O–H groups in total. The third kappa shape index (κ3) is 6.13. The smallest absolute Gasteiger partial charge is 0.414 e. The number of halogens is 1. The van der Waals surface area contributed by atoms with Gasteiger partial charge in [0.1, 0.15) is 11.7 Å². The summed E-state index contributed by atoms with van der Waals surface area (Å²) in [5.74, 6) is 0.312.